The van der Waals surface area contributed by atoms with Crippen LogP contribution in [-0.4, -0.2) is 50.2 Å². The van der Waals surface area contributed by atoms with Gasteiger partial charge in [0.2, 0.25) is 0 Å². The second kappa shape index (κ2) is 8.71. The number of hydrogen-bond donors (Lipinski definition) is 1. The molecule has 4 nitrogen and oxygen atoms in total. The predicted octanol–water partition coefficient (Wildman–Crippen LogP) is 2.42. The number of hydrogen-bond acceptors (Lipinski definition) is 3. The largest absolute Gasteiger partial charge is 0.379 e. The molecular formula is C18H26N2O2. The third-order valence-corrected chi connectivity index (χ3v) is 3.66. The van der Waals surface area contributed by atoms with E-state index in [0.717, 1.165) is 38.4 Å². The Balaban J connectivity index is 1.77. The van der Waals surface area contributed by atoms with E-state index in [2.05, 4.69) is 36.2 Å². The van der Waals surface area contributed by atoms with Crippen molar-refractivity contribution in [2.24, 2.45) is 5.92 Å². The molecule has 1 amide bonds. The molecule has 1 aromatic carbocycles. The lowest BCUT2D eigenvalue weighted by atomic mass is 10.1. The minimum absolute atomic E-state index is 0.00681. The zero-order chi connectivity index (χ0) is 15.8. The highest BCUT2D eigenvalue weighted by molar-refractivity contribution is 5.94. The first-order chi connectivity index (χ1) is 10.6. The second-order valence-electron chi connectivity index (χ2n) is 5.94. The summed E-state index contributed by atoms with van der Waals surface area (Å²) in [5, 5.41) is 2.98. The van der Waals surface area contributed by atoms with Gasteiger partial charge in [-0.25, -0.2) is 0 Å². The summed E-state index contributed by atoms with van der Waals surface area (Å²) in [7, 11) is 0. The van der Waals surface area contributed by atoms with Gasteiger partial charge in [0, 0.05) is 31.7 Å². The van der Waals surface area contributed by atoms with E-state index in [1.807, 2.05) is 24.3 Å². The van der Waals surface area contributed by atoms with Crippen LogP contribution in [0.15, 0.2) is 30.3 Å². The third kappa shape index (κ3) is 5.62. The number of morpholine rings is 1. The van der Waals surface area contributed by atoms with Crippen LogP contribution in [0.4, 0.5) is 0 Å². The molecule has 22 heavy (non-hydrogen) atoms. The van der Waals surface area contributed by atoms with Crippen molar-refractivity contribution in [3.05, 3.63) is 41.5 Å². The summed E-state index contributed by atoms with van der Waals surface area (Å²) in [6.45, 7) is 9.33. The van der Waals surface area contributed by atoms with Crippen molar-refractivity contribution in [1.82, 2.24) is 10.2 Å². The SMILES string of the molecule is CC(C)/C=C/c1ccc(C(=O)NCCN2CCOCC2)cc1. The summed E-state index contributed by atoms with van der Waals surface area (Å²) in [5.74, 6) is 0.524. The highest BCUT2D eigenvalue weighted by atomic mass is 16.5. The Hall–Kier alpha value is -1.65. The first-order valence-electron chi connectivity index (χ1n) is 8.02. The molecule has 1 aliphatic rings. The van der Waals surface area contributed by atoms with E-state index in [4.69, 9.17) is 4.74 Å². The predicted molar refractivity (Wildman–Crippen MR) is 89.9 cm³/mol. The Morgan fingerprint density at radius 3 is 2.59 bits per heavy atom. The van der Waals surface area contributed by atoms with E-state index in [0.29, 0.717) is 18.0 Å². The lowest BCUT2D eigenvalue weighted by Gasteiger charge is -2.26. The minimum Gasteiger partial charge on any atom is -0.379 e. The smallest absolute Gasteiger partial charge is 0.251 e. The Morgan fingerprint density at radius 2 is 1.95 bits per heavy atom. The van der Waals surface area contributed by atoms with Gasteiger partial charge in [-0.05, 0) is 23.6 Å². The topological polar surface area (TPSA) is 41.6 Å². The first kappa shape index (κ1) is 16.7. The van der Waals surface area contributed by atoms with Crippen LogP contribution in [0.5, 0.6) is 0 Å². The van der Waals surface area contributed by atoms with Gasteiger partial charge in [0.1, 0.15) is 0 Å². The maximum atomic E-state index is 12.1. The van der Waals surface area contributed by atoms with Crippen LogP contribution in [0.3, 0.4) is 0 Å². The second-order valence-corrected chi connectivity index (χ2v) is 5.94. The molecule has 1 saturated heterocycles. The molecule has 0 saturated carbocycles. The summed E-state index contributed by atoms with van der Waals surface area (Å²) in [5.41, 5.74) is 1.84. The van der Waals surface area contributed by atoms with Crippen LogP contribution < -0.4 is 5.32 Å². The van der Waals surface area contributed by atoms with Crippen molar-refractivity contribution < 1.29 is 9.53 Å². The van der Waals surface area contributed by atoms with Gasteiger partial charge in [0.15, 0.2) is 0 Å². The number of benzene rings is 1. The standard InChI is InChI=1S/C18H26N2O2/c1-15(2)3-4-16-5-7-17(8-6-16)18(21)19-9-10-20-11-13-22-14-12-20/h3-8,15H,9-14H2,1-2H3,(H,19,21)/b4-3+. The molecule has 0 unspecified atom stereocenters. The summed E-state index contributed by atoms with van der Waals surface area (Å²) >= 11 is 0. The molecule has 0 bridgehead atoms. The van der Waals surface area contributed by atoms with Crippen molar-refractivity contribution in [2.75, 3.05) is 39.4 Å². The summed E-state index contributed by atoms with van der Waals surface area (Å²) in [6, 6.07) is 7.72. The average molecular weight is 302 g/mol. The Morgan fingerprint density at radius 1 is 1.27 bits per heavy atom. The van der Waals surface area contributed by atoms with Gasteiger partial charge in [-0.15, -0.1) is 0 Å². The third-order valence-electron chi connectivity index (χ3n) is 3.66. The lowest BCUT2D eigenvalue weighted by molar-refractivity contribution is 0.0383. The Labute approximate surface area is 133 Å². The molecule has 1 N–H and O–H groups in total. The molecule has 0 atom stereocenters. The molecule has 4 heteroatoms. The number of carbonyl (C=O) groups is 1. The Kier molecular flexibility index (Phi) is 6.62. The van der Waals surface area contributed by atoms with Gasteiger partial charge in [-0.1, -0.05) is 38.1 Å². The number of nitrogens with one attached hydrogen (secondary N) is 1. The number of rotatable bonds is 6. The number of allylic oxidation sites excluding steroid dienone is 1. The van der Waals surface area contributed by atoms with Gasteiger partial charge < -0.3 is 10.1 Å². The summed E-state index contributed by atoms with van der Waals surface area (Å²) in [4.78, 5) is 14.4. The van der Waals surface area contributed by atoms with E-state index in [1.165, 1.54) is 0 Å². The zero-order valence-electron chi connectivity index (χ0n) is 13.5. The molecule has 0 aliphatic carbocycles. The number of ether oxygens (including phenoxy) is 1. The van der Waals surface area contributed by atoms with Crippen LogP contribution in [0, 0.1) is 5.92 Å². The molecule has 120 valence electrons. The molecule has 1 heterocycles. The highest BCUT2D eigenvalue weighted by Gasteiger charge is 2.10. The van der Waals surface area contributed by atoms with Crippen molar-refractivity contribution in [3.8, 4) is 0 Å². The fourth-order valence-corrected chi connectivity index (χ4v) is 2.30. The Bertz CT molecular complexity index is 488. The maximum Gasteiger partial charge on any atom is 0.251 e. The van der Waals surface area contributed by atoms with Gasteiger partial charge in [0.25, 0.3) is 5.91 Å². The first-order valence-corrected chi connectivity index (χ1v) is 8.02. The van der Waals surface area contributed by atoms with E-state index < -0.39 is 0 Å². The quantitative estimate of drug-likeness (QED) is 0.877. The summed E-state index contributed by atoms with van der Waals surface area (Å²) in [6.07, 6.45) is 4.24. The molecule has 2 rings (SSSR count). The lowest BCUT2D eigenvalue weighted by Crippen LogP contribution is -2.41. The summed E-state index contributed by atoms with van der Waals surface area (Å²) < 4.78 is 5.31. The van der Waals surface area contributed by atoms with Crippen molar-refractivity contribution in [3.63, 3.8) is 0 Å². The van der Waals surface area contributed by atoms with E-state index in [-0.39, 0.29) is 5.91 Å². The molecule has 0 aromatic heterocycles. The van der Waals surface area contributed by atoms with Crippen LogP contribution in [0.1, 0.15) is 29.8 Å². The van der Waals surface area contributed by atoms with Gasteiger partial charge in [0.05, 0.1) is 13.2 Å². The van der Waals surface area contributed by atoms with Crippen LogP contribution in [0.2, 0.25) is 0 Å². The highest BCUT2D eigenvalue weighted by Crippen LogP contribution is 2.08. The molecule has 0 radical (unpaired) electrons. The van der Waals surface area contributed by atoms with Gasteiger partial charge >= 0.3 is 0 Å². The molecule has 0 spiro atoms. The average Bonchev–Trinajstić information content (AvgIpc) is 2.54. The normalized spacial score (nSPS) is 16.3. The zero-order valence-corrected chi connectivity index (χ0v) is 13.5. The maximum absolute atomic E-state index is 12.1. The van der Waals surface area contributed by atoms with Crippen LogP contribution >= 0.6 is 0 Å². The molecular weight excluding hydrogens is 276 g/mol. The van der Waals surface area contributed by atoms with Crippen LogP contribution in [-0.2, 0) is 4.74 Å². The number of amides is 1. The fourth-order valence-electron chi connectivity index (χ4n) is 2.30. The van der Waals surface area contributed by atoms with E-state index in [1.54, 1.807) is 0 Å². The van der Waals surface area contributed by atoms with Crippen LogP contribution in [0.25, 0.3) is 6.08 Å². The monoisotopic (exact) mass is 302 g/mol. The number of carbonyl (C=O) groups excluding carboxylic acids is 1. The molecule has 1 fully saturated rings. The molecule has 1 aromatic rings. The van der Waals surface area contributed by atoms with Crippen molar-refractivity contribution in [2.45, 2.75) is 13.8 Å². The van der Waals surface area contributed by atoms with E-state index >= 15 is 0 Å². The molecule has 1 aliphatic heterocycles. The van der Waals surface area contributed by atoms with Gasteiger partial charge in [-0.2, -0.15) is 0 Å². The minimum atomic E-state index is -0.00681. The van der Waals surface area contributed by atoms with Crippen molar-refractivity contribution >= 4 is 12.0 Å². The fraction of sp³-hybridized carbons (Fsp3) is 0.500. The van der Waals surface area contributed by atoms with Gasteiger partial charge in [-0.3, -0.25) is 9.69 Å². The van der Waals surface area contributed by atoms with E-state index in [9.17, 15) is 4.79 Å². The van der Waals surface area contributed by atoms with Crippen molar-refractivity contribution in [1.29, 1.82) is 0 Å². The number of nitrogens with zero attached hydrogens (tertiary/aromatic N) is 1.